The summed E-state index contributed by atoms with van der Waals surface area (Å²) in [4.78, 5) is 42.5. The summed E-state index contributed by atoms with van der Waals surface area (Å²) in [5, 5.41) is 14.9. The SMILES string of the molecule is Cc1ccc2cc(C(=O)NC3(C(=O)N[C@@H](CCCN4CCC(N(C)C5CCOCC5)CC4)Cc4ccccc4)CCCC3)sc2c1.O=C(O)C(F)(F)F. The number of benzene rings is 2. The standard InChI is InChI=1S/C38H52N4O3S.C2HF3O2/c1-28-12-13-30-27-35(46-34(30)25-28)36(43)40-38(18-6-7-19-38)37(44)39-31(26-29-9-4-3-5-10-29)11-8-20-42-21-14-32(15-22-42)41(2)33-16-23-45-24-17-33;3-2(4,5)1(6)7/h3-5,9-10,12-13,25,27,31-33H,6-8,11,14-24,26H2,1-2H3,(H,39,44)(H,40,43);(H,6,7)/t31-;/m0./s1. The molecule has 3 fully saturated rings. The molecule has 2 aliphatic heterocycles. The zero-order valence-corrected chi connectivity index (χ0v) is 31.6. The van der Waals surface area contributed by atoms with Crippen LogP contribution in [0.4, 0.5) is 13.2 Å². The van der Waals surface area contributed by atoms with Crippen molar-refractivity contribution < 1.29 is 37.4 Å². The van der Waals surface area contributed by atoms with E-state index in [1.807, 2.05) is 12.1 Å². The quantitative estimate of drug-likeness (QED) is 0.183. The summed E-state index contributed by atoms with van der Waals surface area (Å²) in [5.74, 6) is -2.91. The number of hydrogen-bond donors (Lipinski definition) is 3. The molecule has 0 unspecified atom stereocenters. The predicted octanol–water partition coefficient (Wildman–Crippen LogP) is 6.97. The second kappa shape index (κ2) is 18.7. The smallest absolute Gasteiger partial charge is 0.475 e. The number of piperidine rings is 1. The molecule has 1 atom stereocenters. The molecule has 1 aromatic heterocycles. The number of hydrogen-bond acceptors (Lipinski definition) is 7. The summed E-state index contributed by atoms with van der Waals surface area (Å²) < 4.78 is 38.4. The first-order valence-corrected chi connectivity index (χ1v) is 19.6. The highest BCUT2D eigenvalue weighted by molar-refractivity contribution is 7.20. The summed E-state index contributed by atoms with van der Waals surface area (Å²) in [6.07, 6.45) is 5.69. The number of thiophene rings is 1. The number of carbonyl (C=O) groups excluding carboxylic acids is 2. The van der Waals surface area contributed by atoms with Crippen molar-refractivity contribution >= 4 is 39.2 Å². The first kappa shape index (κ1) is 40.7. The lowest BCUT2D eigenvalue weighted by Gasteiger charge is -2.41. The number of carboxylic acid groups (broad SMARTS) is 1. The van der Waals surface area contributed by atoms with Gasteiger partial charge < -0.3 is 30.3 Å². The Kier molecular flexibility index (Phi) is 14.3. The highest BCUT2D eigenvalue weighted by Gasteiger charge is 2.43. The van der Waals surface area contributed by atoms with Gasteiger partial charge >= 0.3 is 12.1 Å². The first-order valence-electron chi connectivity index (χ1n) is 18.8. The third-order valence-electron chi connectivity index (χ3n) is 11.0. The van der Waals surface area contributed by atoms with Crippen molar-refractivity contribution in [3.05, 3.63) is 70.6 Å². The maximum Gasteiger partial charge on any atom is 0.490 e. The van der Waals surface area contributed by atoms with E-state index in [4.69, 9.17) is 14.6 Å². The number of nitrogens with zero attached hydrogens (tertiary/aromatic N) is 2. The summed E-state index contributed by atoms with van der Waals surface area (Å²) in [6, 6.07) is 20.0. The zero-order chi connectivity index (χ0) is 38.0. The Hall–Kier alpha value is -3.52. The van der Waals surface area contributed by atoms with Gasteiger partial charge in [0.05, 0.1) is 4.88 Å². The minimum absolute atomic E-state index is 0.0202. The number of aryl methyl sites for hydroxylation is 1. The number of amides is 2. The van der Waals surface area contributed by atoms with Crippen molar-refractivity contribution in [2.75, 3.05) is 39.9 Å². The molecule has 0 radical (unpaired) electrons. The molecule has 1 aliphatic carbocycles. The fourth-order valence-corrected chi connectivity index (χ4v) is 8.92. The van der Waals surface area contributed by atoms with Crippen LogP contribution in [0.25, 0.3) is 10.1 Å². The van der Waals surface area contributed by atoms with E-state index in [2.05, 4.69) is 76.9 Å². The molecular formula is C40H53F3N4O5S. The summed E-state index contributed by atoms with van der Waals surface area (Å²) in [5.41, 5.74) is 1.56. The van der Waals surface area contributed by atoms with Gasteiger partial charge in [-0.05, 0) is 120 Å². The number of likely N-dealkylation sites (tertiary alicyclic amines) is 1. The van der Waals surface area contributed by atoms with Gasteiger partial charge in [-0.15, -0.1) is 11.3 Å². The van der Waals surface area contributed by atoms with E-state index in [0.717, 1.165) is 87.9 Å². The van der Waals surface area contributed by atoms with E-state index < -0.39 is 17.7 Å². The predicted molar refractivity (Wildman–Crippen MR) is 201 cm³/mol. The van der Waals surface area contributed by atoms with Crippen molar-refractivity contribution in [1.29, 1.82) is 0 Å². The Morgan fingerprint density at radius 3 is 2.28 bits per heavy atom. The van der Waals surface area contributed by atoms with Crippen LogP contribution in [0.15, 0.2) is 54.6 Å². The second-order valence-corrected chi connectivity index (χ2v) is 15.9. The second-order valence-electron chi connectivity index (χ2n) is 14.8. The van der Waals surface area contributed by atoms with Crippen LogP contribution in [-0.4, -0.2) is 102 Å². The number of nitrogens with one attached hydrogen (secondary N) is 2. The fourth-order valence-electron chi connectivity index (χ4n) is 7.87. The fraction of sp³-hybridized carbons (Fsp3) is 0.575. The van der Waals surface area contributed by atoms with Crippen molar-refractivity contribution in [2.45, 2.75) is 107 Å². The van der Waals surface area contributed by atoms with E-state index in [9.17, 15) is 22.8 Å². The molecule has 3 heterocycles. The largest absolute Gasteiger partial charge is 0.490 e. The first-order chi connectivity index (χ1) is 25.3. The van der Waals surface area contributed by atoms with Gasteiger partial charge in [-0.25, -0.2) is 4.79 Å². The van der Waals surface area contributed by atoms with E-state index in [-0.39, 0.29) is 17.9 Å². The van der Waals surface area contributed by atoms with Gasteiger partial charge in [0.25, 0.3) is 5.91 Å². The molecule has 3 aromatic rings. The van der Waals surface area contributed by atoms with Crippen molar-refractivity contribution in [1.82, 2.24) is 20.4 Å². The molecule has 3 aliphatic rings. The van der Waals surface area contributed by atoms with E-state index in [1.54, 1.807) is 0 Å². The molecule has 2 aromatic carbocycles. The number of rotatable bonds is 12. The number of fused-ring (bicyclic) bond motifs is 1. The van der Waals surface area contributed by atoms with Crippen LogP contribution in [0.5, 0.6) is 0 Å². The maximum absolute atomic E-state index is 14.1. The Bertz CT molecular complexity index is 1650. The number of ether oxygens (including phenoxy) is 1. The van der Waals surface area contributed by atoms with Crippen LogP contribution in [0, 0.1) is 6.92 Å². The Morgan fingerprint density at radius 1 is 1.00 bits per heavy atom. The number of carboxylic acids is 1. The van der Waals surface area contributed by atoms with Crippen molar-refractivity contribution in [3.63, 3.8) is 0 Å². The van der Waals surface area contributed by atoms with Crippen molar-refractivity contribution in [3.8, 4) is 0 Å². The molecule has 1 saturated carbocycles. The summed E-state index contributed by atoms with van der Waals surface area (Å²) in [6.45, 7) is 7.20. The molecule has 2 amide bonds. The third-order valence-corrected chi connectivity index (χ3v) is 12.1. The van der Waals surface area contributed by atoms with Gasteiger partial charge in [0.1, 0.15) is 5.54 Å². The van der Waals surface area contributed by atoms with Crippen LogP contribution in [0.2, 0.25) is 0 Å². The molecule has 3 N–H and O–H groups in total. The van der Waals surface area contributed by atoms with E-state index in [1.165, 1.54) is 35.3 Å². The minimum Gasteiger partial charge on any atom is -0.475 e. The van der Waals surface area contributed by atoms with Crippen LogP contribution in [-0.2, 0) is 20.7 Å². The Morgan fingerprint density at radius 2 is 1.64 bits per heavy atom. The van der Waals surface area contributed by atoms with Gasteiger partial charge in [0.2, 0.25) is 5.91 Å². The molecule has 13 heteroatoms. The van der Waals surface area contributed by atoms with Crippen LogP contribution in [0.1, 0.15) is 85.0 Å². The average molecular weight is 759 g/mol. The average Bonchev–Trinajstić information content (AvgIpc) is 3.80. The Labute approximate surface area is 314 Å². The molecule has 0 bridgehead atoms. The van der Waals surface area contributed by atoms with Gasteiger partial charge in [0.15, 0.2) is 0 Å². The van der Waals surface area contributed by atoms with Crippen LogP contribution in [0.3, 0.4) is 0 Å². The maximum atomic E-state index is 14.1. The summed E-state index contributed by atoms with van der Waals surface area (Å²) >= 11 is 1.51. The normalized spacial score (nSPS) is 19.1. The highest BCUT2D eigenvalue weighted by atomic mass is 32.1. The van der Waals surface area contributed by atoms with Gasteiger partial charge in [-0.1, -0.05) is 55.3 Å². The van der Waals surface area contributed by atoms with Crippen LogP contribution >= 0.6 is 11.3 Å². The molecule has 2 saturated heterocycles. The highest BCUT2D eigenvalue weighted by Crippen LogP contribution is 2.33. The molecule has 9 nitrogen and oxygen atoms in total. The molecule has 53 heavy (non-hydrogen) atoms. The molecular weight excluding hydrogens is 706 g/mol. The lowest BCUT2D eigenvalue weighted by molar-refractivity contribution is -0.192. The summed E-state index contributed by atoms with van der Waals surface area (Å²) in [7, 11) is 2.32. The van der Waals surface area contributed by atoms with E-state index in [0.29, 0.717) is 29.8 Å². The van der Waals surface area contributed by atoms with Crippen LogP contribution < -0.4 is 10.6 Å². The van der Waals surface area contributed by atoms with Gasteiger partial charge in [-0.2, -0.15) is 13.2 Å². The van der Waals surface area contributed by atoms with Gasteiger partial charge in [0, 0.05) is 36.0 Å². The number of halogens is 3. The molecule has 290 valence electrons. The number of carbonyl (C=O) groups is 3. The lowest BCUT2D eigenvalue weighted by Crippen LogP contribution is -2.59. The number of alkyl halides is 3. The van der Waals surface area contributed by atoms with E-state index >= 15 is 0 Å². The lowest BCUT2D eigenvalue weighted by atomic mass is 9.93. The molecule has 0 spiro atoms. The number of aliphatic carboxylic acids is 1. The van der Waals surface area contributed by atoms with Crippen molar-refractivity contribution in [2.24, 2.45) is 0 Å². The molecule has 6 rings (SSSR count). The topological polar surface area (TPSA) is 111 Å². The zero-order valence-electron chi connectivity index (χ0n) is 30.8. The van der Waals surface area contributed by atoms with Gasteiger partial charge in [-0.3, -0.25) is 9.59 Å². The monoisotopic (exact) mass is 758 g/mol. The third kappa shape index (κ3) is 11.5. The minimum atomic E-state index is -5.08. The Balaban J connectivity index is 0.000000705.